The summed E-state index contributed by atoms with van der Waals surface area (Å²) < 4.78 is 1.20. The number of likely N-dealkylation sites (tertiary alicyclic amines) is 1. The van der Waals surface area contributed by atoms with Crippen LogP contribution in [0.15, 0.2) is 15.9 Å². The predicted molar refractivity (Wildman–Crippen MR) is 83.2 cm³/mol. The Morgan fingerprint density at radius 3 is 2.83 bits per heavy atom. The molecule has 1 aromatic heterocycles. The van der Waals surface area contributed by atoms with Gasteiger partial charge in [0.25, 0.3) is 0 Å². The van der Waals surface area contributed by atoms with Crippen molar-refractivity contribution in [2.75, 3.05) is 26.2 Å². The van der Waals surface area contributed by atoms with Gasteiger partial charge in [-0.3, -0.25) is 0 Å². The number of nitrogens with zero attached hydrogens (tertiary/aromatic N) is 1. The molecule has 2 rings (SSSR count). The number of rotatable bonds is 6. The molecular formula is C14H23BrN2S. The minimum Gasteiger partial charge on any atom is -0.311 e. The zero-order valence-corrected chi connectivity index (χ0v) is 13.5. The second-order valence-electron chi connectivity index (χ2n) is 5.10. The van der Waals surface area contributed by atoms with Crippen molar-refractivity contribution in [1.82, 2.24) is 10.2 Å². The van der Waals surface area contributed by atoms with Gasteiger partial charge in [-0.15, -0.1) is 11.3 Å². The van der Waals surface area contributed by atoms with Gasteiger partial charge in [-0.1, -0.05) is 13.3 Å². The number of hydrogen-bond donors (Lipinski definition) is 1. The number of halogens is 1. The van der Waals surface area contributed by atoms with Crippen molar-refractivity contribution in [1.29, 1.82) is 0 Å². The fourth-order valence-electron chi connectivity index (χ4n) is 2.51. The van der Waals surface area contributed by atoms with E-state index < -0.39 is 0 Å². The highest BCUT2D eigenvalue weighted by Gasteiger charge is 2.16. The quantitative estimate of drug-likeness (QED) is 0.799. The van der Waals surface area contributed by atoms with Crippen LogP contribution in [0.3, 0.4) is 0 Å². The zero-order valence-electron chi connectivity index (χ0n) is 11.1. The Morgan fingerprint density at radius 1 is 1.44 bits per heavy atom. The lowest BCUT2D eigenvalue weighted by atomic mass is 9.94. The molecule has 0 saturated carbocycles. The van der Waals surface area contributed by atoms with Gasteiger partial charge in [0, 0.05) is 34.4 Å². The highest BCUT2D eigenvalue weighted by Crippen LogP contribution is 2.20. The first kappa shape index (κ1) is 14.5. The highest BCUT2D eigenvalue weighted by molar-refractivity contribution is 9.10. The monoisotopic (exact) mass is 330 g/mol. The summed E-state index contributed by atoms with van der Waals surface area (Å²) in [5.41, 5.74) is 0. The van der Waals surface area contributed by atoms with Crippen LogP contribution in [0.1, 0.15) is 31.1 Å². The van der Waals surface area contributed by atoms with Crippen molar-refractivity contribution in [2.45, 2.75) is 32.7 Å². The molecule has 0 aliphatic carbocycles. The summed E-state index contributed by atoms with van der Waals surface area (Å²) in [7, 11) is 0. The standard InChI is InChI=1S/C14H23BrN2S/c1-2-12-3-6-17(7-4-12)8-5-16-10-14-9-13(15)11-18-14/h9,11-12,16H,2-8,10H2,1H3. The Kier molecular flexibility index (Phi) is 6.15. The highest BCUT2D eigenvalue weighted by atomic mass is 79.9. The second kappa shape index (κ2) is 7.63. The fourth-order valence-corrected chi connectivity index (χ4v) is 3.93. The Labute approximate surface area is 123 Å². The lowest BCUT2D eigenvalue weighted by molar-refractivity contribution is 0.182. The Bertz CT molecular complexity index is 345. The molecule has 1 aliphatic heterocycles. The van der Waals surface area contributed by atoms with Crippen molar-refractivity contribution >= 4 is 27.3 Å². The van der Waals surface area contributed by atoms with Gasteiger partial charge in [0.2, 0.25) is 0 Å². The van der Waals surface area contributed by atoms with E-state index in [4.69, 9.17) is 0 Å². The third kappa shape index (κ3) is 4.65. The number of hydrogen-bond acceptors (Lipinski definition) is 3. The van der Waals surface area contributed by atoms with Gasteiger partial charge in [-0.2, -0.15) is 0 Å². The first-order chi connectivity index (χ1) is 8.78. The third-order valence-corrected chi connectivity index (χ3v) is 5.51. The summed E-state index contributed by atoms with van der Waals surface area (Å²) in [4.78, 5) is 4.01. The zero-order chi connectivity index (χ0) is 12.8. The van der Waals surface area contributed by atoms with Crippen molar-refractivity contribution < 1.29 is 0 Å². The second-order valence-corrected chi connectivity index (χ2v) is 7.01. The maximum atomic E-state index is 3.54. The van der Waals surface area contributed by atoms with E-state index in [-0.39, 0.29) is 0 Å². The molecule has 2 nitrogen and oxygen atoms in total. The normalized spacial score (nSPS) is 18.3. The molecule has 18 heavy (non-hydrogen) atoms. The first-order valence-corrected chi connectivity index (χ1v) is 8.61. The van der Waals surface area contributed by atoms with Gasteiger partial charge < -0.3 is 10.2 Å². The van der Waals surface area contributed by atoms with Crippen LogP contribution in [-0.4, -0.2) is 31.1 Å². The van der Waals surface area contributed by atoms with Crippen LogP contribution < -0.4 is 5.32 Å². The van der Waals surface area contributed by atoms with Crippen LogP contribution in [0.2, 0.25) is 0 Å². The summed E-state index contributed by atoms with van der Waals surface area (Å²) in [5.74, 6) is 0.984. The van der Waals surface area contributed by atoms with E-state index in [2.05, 4.69) is 44.5 Å². The summed E-state index contributed by atoms with van der Waals surface area (Å²) in [6, 6.07) is 2.20. The van der Waals surface area contributed by atoms with Crippen molar-refractivity contribution in [3.05, 3.63) is 20.8 Å². The Morgan fingerprint density at radius 2 is 2.22 bits per heavy atom. The maximum Gasteiger partial charge on any atom is 0.0300 e. The van der Waals surface area contributed by atoms with E-state index in [1.54, 1.807) is 0 Å². The van der Waals surface area contributed by atoms with E-state index in [1.807, 2.05) is 11.3 Å². The molecule has 2 heterocycles. The lowest BCUT2D eigenvalue weighted by Gasteiger charge is -2.31. The van der Waals surface area contributed by atoms with E-state index in [0.29, 0.717) is 0 Å². The molecule has 1 saturated heterocycles. The molecule has 1 aromatic rings. The summed E-state index contributed by atoms with van der Waals surface area (Å²) in [6.07, 6.45) is 4.15. The molecule has 1 N–H and O–H groups in total. The van der Waals surface area contributed by atoms with Crippen molar-refractivity contribution in [3.8, 4) is 0 Å². The van der Waals surface area contributed by atoms with Crippen LogP contribution in [0.25, 0.3) is 0 Å². The molecule has 102 valence electrons. The van der Waals surface area contributed by atoms with Crippen LogP contribution in [0.4, 0.5) is 0 Å². The van der Waals surface area contributed by atoms with Gasteiger partial charge >= 0.3 is 0 Å². The number of piperidine rings is 1. The van der Waals surface area contributed by atoms with Crippen molar-refractivity contribution in [2.24, 2.45) is 5.92 Å². The minimum atomic E-state index is 0.984. The van der Waals surface area contributed by atoms with Crippen LogP contribution in [-0.2, 0) is 6.54 Å². The third-order valence-electron chi connectivity index (χ3n) is 3.81. The Hall–Kier alpha value is 0.1000. The lowest BCUT2D eigenvalue weighted by Crippen LogP contribution is -2.38. The van der Waals surface area contributed by atoms with Crippen LogP contribution in [0.5, 0.6) is 0 Å². The van der Waals surface area contributed by atoms with Crippen molar-refractivity contribution in [3.63, 3.8) is 0 Å². The minimum absolute atomic E-state index is 0.984. The molecule has 0 bridgehead atoms. The summed E-state index contributed by atoms with van der Waals surface area (Å²) in [6.45, 7) is 8.22. The molecule has 1 fully saturated rings. The van der Waals surface area contributed by atoms with Crippen LogP contribution >= 0.6 is 27.3 Å². The summed E-state index contributed by atoms with van der Waals surface area (Å²) in [5, 5.41) is 5.68. The number of thiophene rings is 1. The largest absolute Gasteiger partial charge is 0.311 e. The van der Waals surface area contributed by atoms with E-state index in [0.717, 1.165) is 19.0 Å². The van der Waals surface area contributed by atoms with Gasteiger partial charge in [-0.25, -0.2) is 0 Å². The smallest absolute Gasteiger partial charge is 0.0300 e. The molecule has 0 unspecified atom stereocenters. The maximum absolute atomic E-state index is 3.54. The van der Waals surface area contributed by atoms with Crippen LogP contribution in [0, 0.1) is 5.92 Å². The average Bonchev–Trinajstić information content (AvgIpc) is 2.81. The Balaban J connectivity index is 1.56. The fraction of sp³-hybridized carbons (Fsp3) is 0.714. The molecule has 1 aliphatic rings. The number of nitrogens with one attached hydrogen (secondary N) is 1. The molecule has 0 spiro atoms. The van der Waals surface area contributed by atoms with Gasteiger partial charge in [0.05, 0.1) is 0 Å². The van der Waals surface area contributed by atoms with E-state index in [9.17, 15) is 0 Å². The molecule has 0 aromatic carbocycles. The van der Waals surface area contributed by atoms with Gasteiger partial charge in [0.15, 0.2) is 0 Å². The van der Waals surface area contributed by atoms with E-state index in [1.165, 1.54) is 48.2 Å². The SMILES string of the molecule is CCC1CCN(CCNCc2cc(Br)cs2)CC1. The molecule has 0 atom stereocenters. The average molecular weight is 331 g/mol. The molecular weight excluding hydrogens is 308 g/mol. The molecule has 0 radical (unpaired) electrons. The van der Waals surface area contributed by atoms with E-state index >= 15 is 0 Å². The first-order valence-electron chi connectivity index (χ1n) is 6.94. The predicted octanol–water partition coefficient (Wildman–Crippen LogP) is 3.72. The molecule has 0 amide bonds. The molecule has 4 heteroatoms. The topological polar surface area (TPSA) is 15.3 Å². The summed E-state index contributed by atoms with van der Waals surface area (Å²) >= 11 is 5.31. The van der Waals surface area contributed by atoms with Gasteiger partial charge in [-0.05, 0) is 53.8 Å². The van der Waals surface area contributed by atoms with Gasteiger partial charge in [0.1, 0.15) is 0 Å².